The molecule has 2 aromatic rings. The van der Waals surface area contributed by atoms with Crippen LogP contribution < -0.4 is 5.73 Å². The zero-order chi connectivity index (χ0) is 24.8. The number of aliphatic hydroxyl groups is 2. The summed E-state index contributed by atoms with van der Waals surface area (Å²) in [4.78, 5) is 43.6. The number of anilines is 1. The van der Waals surface area contributed by atoms with E-state index in [2.05, 4.69) is 23.1 Å². The van der Waals surface area contributed by atoms with Crippen LogP contribution in [-0.4, -0.2) is 68.7 Å². The standard InChI is InChI=1S/C13H17N4O13P3/c1-2-13(19)9(18)8(5-27-32(23,24)30-33(25,26)29-31(20,21)22)28-12(13)17-4-3-7-10(14)15-6-16-11(7)17/h1,3-4,6,8-9,12,18-19H,5H2,(H,23,24)(H,25,26)(H2,14,15,16)(H2,20,21,22)/t8-,9-,12-,13-/m1/s1. The van der Waals surface area contributed by atoms with Crippen molar-refractivity contribution in [3.63, 3.8) is 0 Å². The number of terminal acetylenes is 1. The highest BCUT2D eigenvalue weighted by molar-refractivity contribution is 7.66. The zero-order valence-electron chi connectivity index (χ0n) is 16.1. The molecule has 33 heavy (non-hydrogen) atoms. The van der Waals surface area contributed by atoms with Gasteiger partial charge in [-0.3, -0.25) is 4.52 Å². The van der Waals surface area contributed by atoms with Crippen LogP contribution >= 0.6 is 23.5 Å². The zero-order valence-corrected chi connectivity index (χ0v) is 18.7. The highest BCUT2D eigenvalue weighted by atomic mass is 31.3. The fourth-order valence-corrected chi connectivity index (χ4v) is 6.02. The van der Waals surface area contributed by atoms with Crippen molar-refractivity contribution < 1.29 is 61.4 Å². The Kier molecular flexibility index (Phi) is 6.91. The third-order valence-corrected chi connectivity index (χ3v) is 8.13. The van der Waals surface area contributed by atoms with Crippen LogP contribution in [0.4, 0.5) is 5.82 Å². The normalized spacial score (nSPS) is 29.4. The lowest BCUT2D eigenvalue weighted by Gasteiger charge is -2.26. The molecule has 17 nitrogen and oxygen atoms in total. The summed E-state index contributed by atoms with van der Waals surface area (Å²) in [5.74, 6) is 2.08. The Morgan fingerprint density at radius 2 is 1.88 bits per heavy atom. The molecule has 2 unspecified atom stereocenters. The molecule has 1 fully saturated rings. The summed E-state index contributed by atoms with van der Waals surface area (Å²) in [7, 11) is -16.8. The maximum absolute atomic E-state index is 11.9. The first-order valence-corrected chi connectivity index (χ1v) is 13.0. The number of phosphoric ester groups is 1. The van der Waals surface area contributed by atoms with Crippen LogP contribution in [0.2, 0.25) is 0 Å². The first kappa shape index (κ1) is 25.9. The van der Waals surface area contributed by atoms with Crippen molar-refractivity contribution in [1.29, 1.82) is 0 Å². The first-order chi connectivity index (χ1) is 15.1. The van der Waals surface area contributed by atoms with Crippen molar-refractivity contribution in [2.75, 3.05) is 12.3 Å². The molecule has 3 heterocycles. The molecule has 0 radical (unpaired) electrons. The predicted molar refractivity (Wildman–Crippen MR) is 105 cm³/mol. The number of nitrogen functional groups attached to an aromatic ring is 1. The van der Waals surface area contributed by atoms with Gasteiger partial charge in [-0.1, -0.05) is 5.92 Å². The molecule has 8 N–H and O–H groups in total. The lowest BCUT2D eigenvalue weighted by molar-refractivity contribution is -0.0715. The van der Waals surface area contributed by atoms with Gasteiger partial charge in [0.15, 0.2) is 11.8 Å². The quantitative estimate of drug-likeness (QED) is 0.159. The second-order valence-electron chi connectivity index (χ2n) is 6.55. The minimum absolute atomic E-state index is 0.103. The van der Waals surface area contributed by atoms with Gasteiger partial charge in [0.1, 0.15) is 30.0 Å². The molecule has 1 aliphatic rings. The summed E-state index contributed by atoms with van der Waals surface area (Å²) < 4.78 is 52.3. The van der Waals surface area contributed by atoms with E-state index >= 15 is 0 Å². The van der Waals surface area contributed by atoms with Crippen LogP contribution in [0, 0.1) is 12.3 Å². The van der Waals surface area contributed by atoms with Gasteiger partial charge in [-0.25, -0.2) is 23.7 Å². The largest absolute Gasteiger partial charge is 0.490 e. The summed E-state index contributed by atoms with van der Waals surface area (Å²) in [5.41, 5.74) is 3.52. The summed E-state index contributed by atoms with van der Waals surface area (Å²) in [6.07, 6.45) is 2.86. The van der Waals surface area contributed by atoms with E-state index in [4.69, 9.17) is 26.7 Å². The number of nitrogens with two attached hydrogens (primary N) is 1. The Morgan fingerprint density at radius 1 is 1.21 bits per heavy atom. The van der Waals surface area contributed by atoms with Gasteiger partial charge in [0, 0.05) is 6.20 Å². The molecule has 0 aliphatic carbocycles. The van der Waals surface area contributed by atoms with Crippen molar-refractivity contribution >= 4 is 40.3 Å². The van der Waals surface area contributed by atoms with E-state index < -0.39 is 54.1 Å². The van der Waals surface area contributed by atoms with E-state index in [-0.39, 0.29) is 11.5 Å². The molecular weight excluding hydrogens is 513 g/mol. The van der Waals surface area contributed by atoms with Gasteiger partial charge in [0.05, 0.1) is 12.0 Å². The summed E-state index contributed by atoms with van der Waals surface area (Å²) >= 11 is 0. The molecule has 2 aromatic heterocycles. The van der Waals surface area contributed by atoms with Crippen LogP contribution in [0.1, 0.15) is 6.23 Å². The second kappa shape index (κ2) is 8.81. The Labute approximate surface area is 184 Å². The van der Waals surface area contributed by atoms with Crippen LogP contribution in [0.3, 0.4) is 0 Å². The molecule has 1 saturated heterocycles. The molecule has 20 heteroatoms. The van der Waals surface area contributed by atoms with Crippen molar-refractivity contribution in [3.8, 4) is 12.3 Å². The maximum Gasteiger partial charge on any atom is 0.490 e. The molecule has 3 rings (SSSR count). The van der Waals surface area contributed by atoms with Gasteiger partial charge in [0.2, 0.25) is 0 Å². The summed E-state index contributed by atoms with van der Waals surface area (Å²) in [5, 5.41) is 21.7. The van der Waals surface area contributed by atoms with Gasteiger partial charge in [0.25, 0.3) is 0 Å². The monoisotopic (exact) mass is 530 g/mol. The number of fused-ring (bicyclic) bond motifs is 1. The maximum atomic E-state index is 11.9. The summed E-state index contributed by atoms with van der Waals surface area (Å²) in [6, 6.07) is 1.48. The van der Waals surface area contributed by atoms with Gasteiger partial charge >= 0.3 is 23.5 Å². The average Bonchev–Trinajstić information content (AvgIpc) is 3.18. The molecule has 0 aromatic carbocycles. The van der Waals surface area contributed by atoms with Gasteiger partial charge in [-0.15, -0.1) is 6.42 Å². The number of aromatic nitrogens is 3. The SMILES string of the molecule is C#C[C@@]1(O)[C@H](O)[C@@H](COP(=O)(O)OP(=O)(O)OP(=O)(O)O)O[C@H]1n1ccc2c(N)ncnc21. The van der Waals surface area contributed by atoms with Crippen LogP contribution in [-0.2, 0) is 31.6 Å². The Balaban J connectivity index is 1.79. The fraction of sp³-hybridized carbons (Fsp3) is 0.385. The minimum atomic E-state index is -5.74. The number of hydrogen-bond donors (Lipinski definition) is 7. The Hall–Kier alpha value is -1.73. The van der Waals surface area contributed by atoms with E-state index in [0.717, 1.165) is 6.33 Å². The number of nitrogens with zero attached hydrogens (tertiary/aromatic N) is 3. The van der Waals surface area contributed by atoms with Crippen molar-refractivity contribution in [1.82, 2.24) is 14.5 Å². The number of rotatable bonds is 8. The van der Waals surface area contributed by atoms with Crippen molar-refractivity contribution in [2.45, 2.75) is 24.0 Å². The Morgan fingerprint density at radius 3 is 2.48 bits per heavy atom. The minimum Gasteiger partial charge on any atom is -0.386 e. The lowest BCUT2D eigenvalue weighted by Crippen LogP contribution is -2.45. The van der Waals surface area contributed by atoms with Crippen molar-refractivity contribution in [2.24, 2.45) is 0 Å². The smallest absolute Gasteiger partial charge is 0.386 e. The molecule has 6 atom stereocenters. The van der Waals surface area contributed by atoms with Crippen LogP contribution in [0.5, 0.6) is 0 Å². The lowest BCUT2D eigenvalue weighted by atomic mass is 9.95. The van der Waals surface area contributed by atoms with E-state index in [1.54, 1.807) is 0 Å². The fourth-order valence-electron chi connectivity index (χ4n) is 2.99. The number of phosphoric acid groups is 3. The molecule has 0 saturated carbocycles. The van der Waals surface area contributed by atoms with E-state index in [1.165, 1.54) is 16.8 Å². The molecule has 1 aliphatic heterocycles. The van der Waals surface area contributed by atoms with E-state index in [9.17, 15) is 33.7 Å². The third-order valence-electron chi connectivity index (χ3n) is 4.33. The number of aliphatic hydroxyl groups excluding tert-OH is 1. The average molecular weight is 530 g/mol. The second-order valence-corrected chi connectivity index (χ2v) is 11.0. The Bertz CT molecular complexity index is 1240. The van der Waals surface area contributed by atoms with Gasteiger partial charge in [-0.2, -0.15) is 8.62 Å². The first-order valence-electron chi connectivity index (χ1n) is 8.47. The van der Waals surface area contributed by atoms with Crippen molar-refractivity contribution in [3.05, 3.63) is 18.6 Å². The topological polar surface area (TPSA) is 266 Å². The number of hydrogen-bond acceptors (Lipinski definition) is 12. The molecule has 0 amide bonds. The van der Waals surface area contributed by atoms with Gasteiger partial charge < -0.3 is 44.8 Å². The van der Waals surface area contributed by atoms with E-state index in [0.29, 0.717) is 5.39 Å². The van der Waals surface area contributed by atoms with Crippen LogP contribution in [0.25, 0.3) is 11.0 Å². The van der Waals surface area contributed by atoms with Gasteiger partial charge in [-0.05, 0) is 6.07 Å². The highest BCUT2D eigenvalue weighted by Gasteiger charge is 2.56. The molecule has 182 valence electrons. The highest BCUT2D eigenvalue weighted by Crippen LogP contribution is 2.66. The van der Waals surface area contributed by atoms with E-state index in [1.807, 2.05) is 5.92 Å². The molecule has 0 spiro atoms. The molecular formula is C13H17N4O13P3. The summed E-state index contributed by atoms with van der Waals surface area (Å²) in [6.45, 7) is -1.04. The molecule has 0 bridgehead atoms. The number of ether oxygens (including phenoxy) is 1. The third kappa shape index (κ3) is 5.51. The van der Waals surface area contributed by atoms with Crippen LogP contribution in [0.15, 0.2) is 18.6 Å². The predicted octanol–water partition coefficient (Wildman–Crippen LogP) is -1.02.